The molecule has 24 heavy (non-hydrogen) atoms. The van der Waals surface area contributed by atoms with Crippen LogP contribution in [0, 0.1) is 0 Å². The van der Waals surface area contributed by atoms with Gasteiger partial charge in [0.05, 0.1) is 10.6 Å². The molecule has 1 aliphatic rings. The highest BCUT2D eigenvalue weighted by atomic mass is 35.5. The van der Waals surface area contributed by atoms with Gasteiger partial charge in [0, 0.05) is 43.4 Å². The minimum Gasteiger partial charge on any atom is -0.369 e. The number of hydrogen-bond acceptors (Lipinski definition) is 4. The van der Waals surface area contributed by atoms with Crippen LogP contribution in [0.5, 0.6) is 0 Å². The van der Waals surface area contributed by atoms with Crippen LogP contribution in [0.3, 0.4) is 0 Å². The van der Waals surface area contributed by atoms with E-state index in [0.717, 1.165) is 36.9 Å². The Morgan fingerprint density at radius 3 is 2.29 bits per heavy atom. The van der Waals surface area contributed by atoms with Crippen molar-refractivity contribution in [1.82, 2.24) is 4.90 Å². The highest BCUT2D eigenvalue weighted by molar-refractivity contribution is 7.91. The first-order valence-corrected chi connectivity index (χ1v) is 10.1. The normalized spacial score (nSPS) is 16.3. The zero-order valence-corrected chi connectivity index (χ0v) is 15.0. The Hall–Kier alpha value is -1.56. The van der Waals surface area contributed by atoms with Gasteiger partial charge >= 0.3 is 0 Å². The fourth-order valence-electron chi connectivity index (χ4n) is 2.90. The Morgan fingerprint density at radius 2 is 1.62 bits per heavy atom. The maximum Gasteiger partial charge on any atom is 0.179 e. The zero-order chi connectivity index (χ0) is 17.0. The molecule has 1 heterocycles. The van der Waals surface area contributed by atoms with Crippen LogP contribution >= 0.6 is 11.6 Å². The molecule has 1 fully saturated rings. The number of halogens is 1. The molecule has 0 atom stereocenters. The molecule has 4 nitrogen and oxygen atoms in total. The van der Waals surface area contributed by atoms with E-state index in [1.807, 2.05) is 24.3 Å². The van der Waals surface area contributed by atoms with Crippen LogP contribution in [0.1, 0.15) is 0 Å². The van der Waals surface area contributed by atoms with E-state index in [0.29, 0.717) is 11.4 Å². The molecule has 128 valence electrons. The molecule has 0 aliphatic carbocycles. The topological polar surface area (TPSA) is 40.6 Å². The Labute approximate surface area is 148 Å². The molecule has 6 heteroatoms. The van der Waals surface area contributed by atoms with Crippen LogP contribution in [-0.2, 0) is 9.84 Å². The van der Waals surface area contributed by atoms with Gasteiger partial charge in [0.15, 0.2) is 9.84 Å². The summed E-state index contributed by atoms with van der Waals surface area (Å²) in [4.78, 5) is 4.90. The highest BCUT2D eigenvalue weighted by Gasteiger charge is 2.20. The van der Waals surface area contributed by atoms with Gasteiger partial charge in [0.25, 0.3) is 0 Å². The van der Waals surface area contributed by atoms with E-state index in [1.165, 1.54) is 0 Å². The minimum absolute atomic E-state index is 0.161. The summed E-state index contributed by atoms with van der Waals surface area (Å²) in [7, 11) is -3.20. The molecule has 0 radical (unpaired) electrons. The molecule has 0 bridgehead atoms. The van der Waals surface area contributed by atoms with E-state index in [4.69, 9.17) is 11.6 Å². The number of benzene rings is 2. The van der Waals surface area contributed by atoms with Crippen LogP contribution in [-0.4, -0.2) is 51.8 Å². The third-order valence-corrected chi connectivity index (χ3v) is 6.27. The largest absolute Gasteiger partial charge is 0.369 e. The van der Waals surface area contributed by atoms with Crippen LogP contribution in [0.25, 0.3) is 0 Å². The molecular formula is C18H21ClN2O2S. The van der Waals surface area contributed by atoms with Gasteiger partial charge in [-0.1, -0.05) is 35.9 Å². The number of piperazine rings is 1. The molecule has 0 N–H and O–H groups in total. The Morgan fingerprint density at radius 1 is 0.917 bits per heavy atom. The van der Waals surface area contributed by atoms with Crippen molar-refractivity contribution in [3.8, 4) is 0 Å². The van der Waals surface area contributed by atoms with Crippen LogP contribution in [0.2, 0.25) is 5.02 Å². The molecule has 0 amide bonds. The molecule has 2 aromatic rings. The summed E-state index contributed by atoms with van der Waals surface area (Å²) in [6.07, 6.45) is 0. The number of anilines is 1. The van der Waals surface area contributed by atoms with Crippen molar-refractivity contribution in [1.29, 1.82) is 0 Å². The third-order valence-electron chi connectivity index (χ3n) is 4.32. The molecule has 0 spiro atoms. The minimum atomic E-state index is -3.20. The molecule has 0 unspecified atom stereocenters. The zero-order valence-electron chi connectivity index (χ0n) is 13.4. The maximum atomic E-state index is 12.3. The first-order valence-electron chi connectivity index (χ1n) is 8.05. The SMILES string of the molecule is O=S(=O)(CCN1CCN(c2cccc(Cl)c2)CC1)c1ccccc1. The molecular weight excluding hydrogens is 344 g/mol. The molecule has 3 rings (SSSR count). The predicted molar refractivity (Wildman–Crippen MR) is 98.6 cm³/mol. The lowest BCUT2D eigenvalue weighted by Gasteiger charge is -2.36. The average Bonchev–Trinajstić information content (AvgIpc) is 2.61. The number of sulfone groups is 1. The summed E-state index contributed by atoms with van der Waals surface area (Å²) in [5, 5.41) is 0.740. The van der Waals surface area contributed by atoms with Gasteiger partial charge in [0.2, 0.25) is 0 Å². The third kappa shape index (κ3) is 4.29. The second kappa shape index (κ2) is 7.55. The standard InChI is InChI=1S/C18H21ClN2O2S/c19-16-5-4-6-17(15-16)21-11-9-20(10-12-21)13-14-24(22,23)18-7-2-1-3-8-18/h1-8,15H,9-14H2. The summed E-state index contributed by atoms with van der Waals surface area (Å²) in [6.45, 7) is 4.05. The van der Waals surface area contributed by atoms with E-state index in [-0.39, 0.29) is 5.75 Å². The number of nitrogens with zero attached hydrogens (tertiary/aromatic N) is 2. The van der Waals surface area contributed by atoms with Crippen molar-refractivity contribution in [3.63, 3.8) is 0 Å². The van der Waals surface area contributed by atoms with Crippen LogP contribution < -0.4 is 4.90 Å². The van der Waals surface area contributed by atoms with Crippen molar-refractivity contribution in [2.75, 3.05) is 43.4 Å². The molecule has 1 saturated heterocycles. The van der Waals surface area contributed by atoms with Gasteiger partial charge in [-0.15, -0.1) is 0 Å². The summed E-state index contributed by atoms with van der Waals surface area (Å²) in [5.41, 5.74) is 1.12. The highest BCUT2D eigenvalue weighted by Crippen LogP contribution is 2.21. The number of hydrogen-bond donors (Lipinski definition) is 0. The molecule has 1 aliphatic heterocycles. The first kappa shape index (κ1) is 17.3. The second-order valence-electron chi connectivity index (χ2n) is 5.94. The van der Waals surface area contributed by atoms with Gasteiger partial charge in [-0.2, -0.15) is 0 Å². The monoisotopic (exact) mass is 364 g/mol. The van der Waals surface area contributed by atoms with Crippen molar-refractivity contribution >= 4 is 27.1 Å². The summed E-state index contributed by atoms with van der Waals surface area (Å²) in [6, 6.07) is 16.5. The van der Waals surface area contributed by atoms with E-state index in [9.17, 15) is 8.42 Å². The van der Waals surface area contributed by atoms with Crippen molar-refractivity contribution < 1.29 is 8.42 Å². The van der Waals surface area contributed by atoms with Gasteiger partial charge < -0.3 is 4.90 Å². The summed E-state index contributed by atoms with van der Waals surface area (Å²) >= 11 is 6.05. The van der Waals surface area contributed by atoms with E-state index >= 15 is 0 Å². The van der Waals surface area contributed by atoms with Crippen LogP contribution in [0.4, 0.5) is 5.69 Å². The average molecular weight is 365 g/mol. The first-order chi connectivity index (χ1) is 11.5. The second-order valence-corrected chi connectivity index (χ2v) is 8.49. The van der Waals surface area contributed by atoms with E-state index in [1.54, 1.807) is 24.3 Å². The van der Waals surface area contributed by atoms with Gasteiger partial charge in [-0.05, 0) is 30.3 Å². The molecule has 2 aromatic carbocycles. The quantitative estimate of drug-likeness (QED) is 0.818. The maximum absolute atomic E-state index is 12.3. The Balaban J connectivity index is 1.53. The fourth-order valence-corrected chi connectivity index (χ4v) is 4.39. The van der Waals surface area contributed by atoms with Crippen molar-refractivity contribution in [2.24, 2.45) is 0 Å². The van der Waals surface area contributed by atoms with E-state index in [2.05, 4.69) is 15.9 Å². The lowest BCUT2D eigenvalue weighted by Crippen LogP contribution is -2.47. The smallest absolute Gasteiger partial charge is 0.179 e. The molecule has 0 saturated carbocycles. The van der Waals surface area contributed by atoms with Gasteiger partial charge in [-0.25, -0.2) is 8.42 Å². The summed E-state index contributed by atoms with van der Waals surface area (Å²) in [5.74, 6) is 0.161. The number of rotatable bonds is 5. The summed E-state index contributed by atoms with van der Waals surface area (Å²) < 4.78 is 24.7. The van der Waals surface area contributed by atoms with Crippen molar-refractivity contribution in [3.05, 3.63) is 59.6 Å². The van der Waals surface area contributed by atoms with E-state index < -0.39 is 9.84 Å². The Kier molecular flexibility index (Phi) is 5.43. The van der Waals surface area contributed by atoms with Gasteiger partial charge in [-0.3, -0.25) is 4.90 Å². The fraction of sp³-hybridized carbons (Fsp3) is 0.333. The van der Waals surface area contributed by atoms with Crippen LogP contribution in [0.15, 0.2) is 59.5 Å². The van der Waals surface area contributed by atoms with Gasteiger partial charge in [0.1, 0.15) is 0 Å². The van der Waals surface area contributed by atoms with Crippen molar-refractivity contribution in [2.45, 2.75) is 4.90 Å². The lowest BCUT2D eigenvalue weighted by atomic mass is 10.2. The molecule has 0 aromatic heterocycles. The Bertz CT molecular complexity index is 773. The predicted octanol–water partition coefficient (Wildman–Crippen LogP) is 2.94. The lowest BCUT2D eigenvalue weighted by molar-refractivity contribution is 0.272.